The Morgan fingerprint density at radius 2 is 1.48 bits per heavy atom. The van der Waals surface area contributed by atoms with Gasteiger partial charge < -0.3 is 5.21 Å². The maximum absolute atomic E-state index is 12.7. The molecule has 0 aliphatic heterocycles. The highest BCUT2D eigenvalue weighted by molar-refractivity contribution is 6.09. The smallest absolute Gasteiger partial charge is 0.268 e. The van der Waals surface area contributed by atoms with Crippen LogP contribution in [0.3, 0.4) is 0 Å². The fourth-order valence-corrected chi connectivity index (χ4v) is 2.67. The zero-order chi connectivity index (χ0) is 15.0. The molecule has 0 saturated heterocycles. The number of fused-ring (bicyclic) bond motifs is 1. The highest BCUT2D eigenvalue weighted by atomic mass is 16.5. The lowest BCUT2D eigenvalue weighted by Gasteiger charge is -2.12. The molecule has 1 aromatic heterocycles. The van der Waals surface area contributed by atoms with E-state index in [1.807, 2.05) is 37.3 Å². The van der Waals surface area contributed by atoms with Gasteiger partial charge in [-0.2, -0.15) is 4.73 Å². The van der Waals surface area contributed by atoms with Crippen molar-refractivity contribution in [1.29, 1.82) is 0 Å². The summed E-state index contributed by atoms with van der Waals surface area (Å²) in [7, 11) is 0. The van der Waals surface area contributed by atoms with Gasteiger partial charge in [-0.05, 0) is 18.4 Å². The van der Waals surface area contributed by atoms with Crippen molar-refractivity contribution in [2.75, 3.05) is 0 Å². The molecule has 0 fully saturated rings. The first-order chi connectivity index (χ1) is 10.1. The first-order valence-electron chi connectivity index (χ1n) is 6.82. The van der Waals surface area contributed by atoms with Gasteiger partial charge in [-0.3, -0.25) is 4.79 Å². The van der Waals surface area contributed by atoms with Crippen LogP contribution in [0, 0.1) is 19.1 Å². The van der Waals surface area contributed by atoms with E-state index in [1.165, 1.54) is 0 Å². The summed E-state index contributed by atoms with van der Waals surface area (Å²) in [5, 5.41) is 14.3. The minimum Gasteiger partial charge on any atom is -0.618 e. The van der Waals surface area contributed by atoms with Gasteiger partial charge in [0.15, 0.2) is 5.69 Å². The van der Waals surface area contributed by atoms with Crippen LogP contribution >= 0.6 is 0 Å². The van der Waals surface area contributed by atoms with Crippen molar-refractivity contribution in [3.63, 3.8) is 0 Å². The van der Waals surface area contributed by atoms with E-state index in [0.717, 1.165) is 21.1 Å². The van der Waals surface area contributed by atoms with Crippen molar-refractivity contribution in [3.8, 4) is 0 Å². The Balaban J connectivity index is 2.31. The van der Waals surface area contributed by atoms with Crippen molar-refractivity contribution in [2.45, 2.75) is 13.8 Å². The first kappa shape index (κ1) is 13.3. The summed E-state index contributed by atoms with van der Waals surface area (Å²) in [6.45, 7) is 3.57. The van der Waals surface area contributed by atoms with Crippen LogP contribution in [0.15, 0.2) is 54.6 Å². The van der Waals surface area contributed by atoms with E-state index in [2.05, 4.69) is 0 Å². The van der Waals surface area contributed by atoms with E-state index in [4.69, 9.17) is 0 Å². The summed E-state index contributed by atoms with van der Waals surface area (Å²) in [4.78, 5) is 12.7. The topological polar surface area (TPSA) is 44.0 Å². The van der Waals surface area contributed by atoms with Crippen molar-refractivity contribution < 1.29 is 9.52 Å². The minimum absolute atomic E-state index is 0.206. The molecule has 0 bridgehead atoms. The summed E-state index contributed by atoms with van der Waals surface area (Å²) in [6, 6.07) is 16.6. The number of aryl methyl sites for hydroxylation is 2. The predicted molar refractivity (Wildman–Crippen MR) is 82.3 cm³/mol. The fourth-order valence-electron chi connectivity index (χ4n) is 2.67. The van der Waals surface area contributed by atoms with Crippen molar-refractivity contribution in [1.82, 2.24) is 0 Å². The third-order valence-electron chi connectivity index (χ3n) is 3.83. The number of nitrogens with zero attached hydrogens (tertiary/aromatic N) is 1. The molecule has 0 N–H and O–H groups in total. The van der Waals surface area contributed by atoms with Crippen molar-refractivity contribution >= 4 is 16.6 Å². The number of pyridine rings is 1. The molecule has 2 aromatic carbocycles. The average molecular weight is 277 g/mol. The van der Waals surface area contributed by atoms with E-state index in [-0.39, 0.29) is 11.5 Å². The maximum atomic E-state index is 12.7. The SMILES string of the molecule is Cc1c(C(=O)c2ccccc2)[n+]([O-])c(C)c2ccccc12. The van der Waals surface area contributed by atoms with E-state index < -0.39 is 0 Å². The lowest BCUT2D eigenvalue weighted by molar-refractivity contribution is -0.613. The molecule has 21 heavy (non-hydrogen) atoms. The fraction of sp³-hybridized carbons (Fsp3) is 0.111. The van der Waals surface area contributed by atoms with Crippen LogP contribution in [0.25, 0.3) is 10.8 Å². The molecular formula is C18H15NO2. The highest BCUT2D eigenvalue weighted by Crippen LogP contribution is 2.23. The first-order valence-corrected chi connectivity index (χ1v) is 6.82. The third kappa shape index (κ3) is 2.07. The molecule has 0 aliphatic rings. The molecule has 0 spiro atoms. The monoisotopic (exact) mass is 277 g/mol. The number of hydrogen-bond acceptors (Lipinski definition) is 2. The number of carbonyl (C=O) groups is 1. The molecule has 0 radical (unpaired) electrons. The summed E-state index contributed by atoms with van der Waals surface area (Å²) in [5.41, 5.74) is 2.01. The summed E-state index contributed by atoms with van der Waals surface area (Å²) in [5.74, 6) is -0.239. The van der Waals surface area contributed by atoms with Gasteiger partial charge in [-0.15, -0.1) is 0 Å². The second kappa shape index (κ2) is 5.02. The average Bonchev–Trinajstić information content (AvgIpc) is 2.53. The van der Waals surface area contributed by atoms with Crippen molar-refractivity contribution in [2.24, 2.45) is 0 Å². The Morgan fingerprint density at radius 1 is 0.905 bits per heavy atom. The second-order valence-electron chi connectivity index (χ2n) is 5.09. The van der Waals surface area contributed by atoms with E-state index in [9.17, 15) is 10.0 Å². The van der Waals surface area contributed by atoms with Gasteiger partial charge in [0.1, 0.15) is 0 Å². The molecule has 3 nitrogen and oxygen atoms in total. The standard InChI is InChI=1S/C18H15NO2/c1-12-15-10-6-7-11-16(15)13(2)19(21)17(12)18(20)14-8-4-3-5-9-14/h3-11H,1-2H3. The third-order valence-corrected chi connectivity index (χ3v) is 3.83. The zero-order valence-electron chi connectivity index (χ0n) is 12.0. The molecule has 3 rings (SSSR count). The molecule has 0 saturated carbocycles. The molecule has 0 unspecified atom stereocenters. The normalized spacial score (nSPS) is 10.8. The molecule has 1 heterocycles. The number of benzene rings is 2. The summed E-state index contributed by atoms with van der Waals surface area (Å²) < 4.78 is 0.757. The van der Waals surface area contributed by atoms with Gasteiger partial charge in [-0.25, -0.2) is 0 Å². The largest absolute Gasteiger partial charge is 0.618 e. The van der Waals surface area contributed by atoms with Crippen LogP contribution in [0.5, 0.6) is 0 Å². The Morgan fingerprint density at radius 3 is 2.14 bits per heavy atom. The van der Waals surface area contributed by atoms with Crippen LogP contribution in [0.1, 0.15) is 27.3 Å². The molecule has 3 heteroatoms. The van der Waals surface area contributed by atoms with E-state index in [0.29, 0.717) is 11.3 Å². The van der Waals surface area contributed by atoms with Gasteiger partial charge in [0.2, 0.25) is 0 Å². The zero-order valence-corrected chi connectivity index (χ0v) is 12.0. The molecule has 0 aliphatic carbocycles. The minimum atomic E-state index is -0.239. The van der Waals surface area contributed by atoms with Gasteiger partial charge in [0.25, 0.3) is 11.5 Å². The predicted octanol–water partition coefficient (Wildman–Crippen LogP) is 3.32. The molecule has 0 amide bonds. The number of hydrogen-bond donors (Lipinski definition) is 0. The summed E-state index contributed by atoms with van der Waals surface area (Å²) in [6.07, 6.45) is 0. The van der Waals surface area contributed by atoms with Gasteiger partial charge >= 0.3 is 0 Å². The number of rotatable bonds is 2. The van der Waals surface area contributed by atoms with Gasteiger partial charge in [0, 0.05) is 18.1 Å². The molecular weight excluding hydrogens is 262 g/mol. The number of ketones is 1. The van der Waals surface area contributed by atoms with Crippen LogP contribution in [0.2, 0.25) is 0 Å². The highest BCUT2D eigenvalue weighted by Gasteiger charge is 2.25. The molecule has 0 atom stereocenters. The van der Waals surface area contributed by atoms with E-state index >= 15 is 0 Å². The Bertz CT molecular complexity index is 839. The van der Waals surface area contributed by atoms with E-state index in [1.54, 1.807) is 31.2 Å². The Hall–Kier alpha value is -2.68. The lowest BCUT2D eigenvalue weighted by atomic mass is 9.98. The van der Waals surface area contributed by atoms with Crippen LogP contribution in [0.4, 0.5) is 0 Å². The number of carbonyl (C=O) groups excluding carboxylic acids is 1. The number of aromatic nitrogens is 1. The Labute approximate surface area is 123 Å². The van der Waals surface area contributed by atoms with Crippen LogP contribution in [-0.2, 0) is 0 Å². The quantitative estimate of drug-likeness (QED) is 0.410. The van der Waals surface area contributed by atoms with Crippen LogP contribution < -0.4 is 4.73 Å². The van der Waals surface area contributed by atoms with Crippen molar-refractivity contribution in [3.05, 3.63) is 82.3 Å². The Kier molecular flexibility index (Phi) is 3.18. The summed E-state index contributed by atoms with van der Waals surface area (Å²) >= 11 is 0. The van der Waals surface area contributed by atoms with Crippen LogP contribution in [-0.4, -0.2) is 5.78 Å². The maximum Gasteiger partial charge on any atom is 0.268 e. The van der Waals surface area contributed by atoms with Gasteiger partial charge in [0.05, 0.1) is 5.39 Å². The van der Waals surface area contributed by atoms with Gasteiger partial charge in [-0.1, -0.05) is 48.5 Å². The second-order valence-corrected chi connectivity index (χ2v) is 5.09. The lowest BCUT2D eigenvalue weighted by Crippen LogP contribution is -2.39. The molecule has 3 aromatic rings. The molecule has 104 valence electrons.